The van der Waals surface area contributed by atoms with Crippen LogP contribution < -0.4 is 0 Å². The quantitative estimate of drug-likeness (QED) is 0.859. The van der Waals surface area contributed by atoms with Gasteiger partial charge in [-0.3, -0.25) is 0 Å². The Morgan fingerprint density at radius 2 is 2.35 bits per heavy atom. The Morgan fingerprint density at radius 3 is 3.00 bits per heavy atom. The minimum absolute atomic E-state index is 0.108. The van der Waals surface area contributed by atoms with Gasteiger partial charge in [0.25, 0.3) is 10.0 Å². The van der Waals surface area contributed by atoms with E-state index in [0.717, 1.165) is 31.0 Å². The molecule has 0 aliphatic carbocycles. The number of nitrogens with zero attached hydrogens (tertiary/aromatic N) is 2. The Kier molecular flexibility index (Phi) is 4.22. The molecule has 17 heavy (non-hydrogen) atoms. The van der Waals surface area contributed by atoms with E-state index in [1.54, 1.807) is 4.31 Å². The van der Waals surface area contributed by atoms with Crippen LogP contribution in [0.1, 0.15) is 25.7 Å². The molecular formula is C10H16BrN3O2S. The Balaban J connectivity index is 2.24. The fraction of sp³-hybridized carbons (Fsp3) is 0.700. The third-order valence-corrected chi connectivity index (χ3v) is 5.41. The third-order valence-electron chi connectivity index (χ3n) is 3.08. The molecule has 1 unspecified atom stereocenters. The van der Waals surface area contributed by atoms with Crippen LogP contribution in [0.2, 0.25) is 0 Å². The van der Waals surface area contributed by atoms with E-state index < -0.39 is 10.0 Å². The van der Waals surface area contributed by atoms with E-state index in [0.29, 0.717) is 6.54 Å². The standard InChI is InChI=1S/C10H16BrN3O2S/c11-5-4-9-3-1-2-6-14(9)17(15,16)10-7-12-8-13-10/h7-9H,1-6H2,(H,12,13). The predicted octanol–water partition coefficient (Wildman–Crippen LogP) is 1.74. The van der Waals surface area contributed by atoms with E-state index in [1.807, 2.05) is 0 Å². The van der Waals surface area contributed by atoms with Gasteiger partial charge in [0.2, 0.25) is 0 Å². The highest BCUT2D eigenvalue weighted by Crippen LogP contribution is 2.26. The molecule has 1 saturated heterocycles. The van der Waals surface area contributed by atoms with E-state index in [1.165, 1.54) is 12.5 Å². The van der Waals surface area contributed by atoms with Gasteiger partial charge in [0.15, 0.2) is 5.03 Å². The summed E-state index contributed by atoms with van der Waals surface area (Å²) < 4.78 is 26.4. The molecule has 0 radical (unpaired) electrons. The normalized spacial score (nSPS) is 22.8. The Bertz CT molecular complexity index is 444. The molecule has 1 fully saturated rings. The van der Waals surface area contributed by atoms with Gasteiger partial charge in [-0.1, -0.05) is 22.4 Å². The van der Waals surface area contributed by atoms with Gasteiger partial charge in [0, 0.05) is 17.9 Å². The Morgan fingerprint density at radius 1 is 1.53 bits per heavy atom. The smallest absolute Gasteiger partial charge is 0.260 e. The van der Waals surface area contributed by atoms with Crippen LogP contribution in [-0.4, -0.2) is 40.6 Å². The average Bonchev–Trinajstić information content (AvgIpc) is 2.84. The van der Waals surface area contributed by atoms with Crippen LogP contribution in [0.15, 0.2) is 17.6 Å². The number of hydrogen-bond donors (Lipinski definition) is 1. The predicted molar refractivity (Wildman–Crippen MR) is 68.5 cm³/mol. The molecule has 1 aromatic rings. The highest BCUT2D eigenvalue weighted by Gasteiger charge is 2.33. The summed E-state index contributed by atoms with van der Waals surface area (Å²) in [4.78, 5) is 6.47. The summed E-state index contributed by atoms with van der Waals surface area (Å²) in [6.07, 6.45) is 6.61. The zero-order chi connectivity index (χ0) is 12.3. The van der Waals surface area contributed by atoms with Gasteiger partial charge in [-0.25, -0.2) is 13.4 Å². The van der Waals surface area contributed by atoms with Crippen LogP contribution in [0.4, 0.5) is 0 Å². The number of nitrogens with one attached hydrogen (secondary N) is 1. The van der Waals surface area contributed by atoms with E-state index >= 15 is 0 Å². The Labute approximate surface area is 110 Å². The second kappa shape index (κ2) is 5.49. The van der Waals surface area contributed by atoms with Gasteiger partial charge < -0.3 is 4.98 Å². The van der Waals surface area contributed by atoms with Crippen molar-refractivity contribution in [2.24, 2.45) is 0 Å². The zero-order valence-corrected chi connectivity index (χ0v) is 11.9. The molecule has 5 nitrogen and oxygen atoms in total. The van der Waals surface area contributed by atoms with Gasteiger partial charge >= 0.3 is 0 Å². The minimum Gasteiger partial charge on any atom is -0.335 e. The SMILES string of the molecule is O=S(=O)(c1cnc[nH]1)N1CCCCC1CCBr. The number of rotatable bonds is 4. The molecular weight excluding hydrogens is 306 g/mol. The second-order valence-corrected chi connectivity index (χ2v) is 6.81. The van der Waals surface area contributed by atoms with Crippen LogP contribution in [0.3, 0.4) is 0 Å². The van der Waals surface area contributed by atoms with Crippen molar-refractivity contribution in [1.29, 1.82) is 0 Å². The first-order chi connectivity index (χ1) is 8.16. The highest BCUT2D eigenvalue weighted by molar-refractivity contribution is 9.09. The van der Waals surface area contributed by atoms with E-state index in [2.05, 4.69) is 25.9 Å². The molecule has 96 valence electrons. The summed E-state index contributed by atoms with van der Waals surface area (Å²) in [6, 6.07) is 0.108. The van der Waals surface area contributed by atoms with Gasteiger partial charge in [0.1, 0.15) is 0 Å². The number of aromatic amines is 1. The summed E-state index contributed by atoms with van der Waals surface area (Å²) in [5.41, 5.74) is 0. The number of halogens is 1. The molecule has 2 rings (SSSR count). The fourth-order valence-electron chi connectivity index (χ4n) is 2.22. The lowest BCUT2D eigenvalue weighted by atomic mass is 10.0. The summed E-state index contributed by atoms with van der Waals surface area (Å²) in [6.45, 7) is 0.610. The van der Waals surface area contributed by atoms with Crippen LogP contribution in [0.5, 0.6) is 0 Å². The third kappa shape index (κ3) is 2.71. The highest BCUT2D eigenvalue weighted by atomic mass is 79.9. The molecule has 1 atom stereocenters. The zero-order valence-electron chi connectivity index (χ0n) is 9.47. The van der Waals surface area contributed by atoms with Crippen molar-refractivity contribution >= 4 is 26.0 Å². The molecule has 0 bridgehead atoms. The lowest BCUT2D eigenvalue weighted by Gasteiger charge is -2.33. The molecule has 7 heteroatoms. The maximum Gasteiger partial charge on any atom is 0.260 e. The Hall–Kier alpha value is -0.400. The van der Waals surface area contributed by atoms with Crippen molar-refractivity contribution in [3.8, 4) is 0 Å². The van der Waals surface area contributed by atoms with Gasteiger partial charge in [-0.15, -0.1) is 0 Å². The van der Waals surface area contributed by atoms with Gasteiger partial charge in [-0.2, -0.15) is 4.31 Å². The first-order valence-electron chi connectivity index (χ1n) is 5.72. The molecule has 0 aromatic carbocycles. The molecule has 1 aliphatic heterocycles. The molecule has 0 spiro atoms. The van der Waals surface area contributed by atoms with E-state index in [-0.39, 0.29) is 11.1 Å². The number of aromatic nitrogens is 2. The number of piperidine rings is 1. The summed E-state index contributed by atoms with van der Waals surface area (Å²) in [5.74, 6) is 0. The van der Waals surface area contributed by atoms with Crippen molar-refractivity contribution in [1.82, 2.24) is 14.3 Å². The van der Waals surface area contributed by atoms with Gasteiger partial charge in [-0.05, 0) is 19.3 Å². The maximum atomic E-state index is 12.4. The second-order valence-electron chi connectivity index (χ2n) is 4.16. The molecule has 1 N–H and O–H groups in total. The monoisotopic (exact) mass is 321 g/mol. The topological polar surface area (TPSA) is 66.1 Å². The van der Waals surface area contributed by atoms with Gasteiger partial charge in [0.05, 0.1) is 12.5 Å². The summed E-state index contributed by atoms with van der Waals surface area (Å²) in [7, 11) is -3.40. The first-order valence-corrected chi connectivity index (χ1v) is 8.28. The molecule has 0 amide bonds. The average molecular weight is 322 g/mol. The first kappa shape index (κ1) is 13.0. The van der Waals surface area contributed by atoms with Crippen LogP contribution in [0, 0.1) is 0 Å². The number of sulfonamides is 1. The van der Waals surface area contributed by atoms with Crippen LogP contribution in [0.25, 0.3) is 0 Å². The van der Waals surface area contributed by atoms with Crippen molar-refractivity contribution in [3.05, 3.63) is 12.5 Å². The number of H-pyrrole nitrogens is 1. The van der Waals surface area contributed by atoms with Crippen LogP contribution >= 0.6 is 15.9 Å². The minimum atomic E-state index is -3.40. The summed E-state index contributed by atoms with van der Waals surface area (Å²) in [5, 5.41) is 1.02. The summed E-state index contributed by atoms with van der Waals surface area (Å²) >= 11 is 3.39. The van der Waals surface area contributed by atoms with Crippen molar-refractivity contribution in [2.75, 3.05) is 11.9 Å². The van der Waals surface area contributed by atoms with Crippen molar-refractivity contribution in [3.63, 3.8) is 0 Å². The fourth-order valence-corrected chi connectivity index (χ4v) is 4.37. The van der Waals surface area contributed by atoms with E-state index in [9.17, 15) is 8.42 Å². The molecule has 2 heterocycles. The molecule has 0 saturated carbocycles. The molecule has 1 aliphatic rings. The van der Waals surface area contributed by atoms with Crippen molar-refractivity contribution in [2.45, 2.75) is 36.8 Å². The van der Waals surface area contributed by atoms with Crippen molar-refractivity contribution < 1.29 is 8.42 Å². The lowest BCUT2D eigenvalue weighted by Crippen LogP contribution is -2.43. The number of alkyl halides is 1. The van der Waals surface area contributed by atoms with Crippen LogP contribution in [-0.2, 0) is 10.0 Å². The number of imidazole rings is 1. The maximum absolute atomic E-state index is 12.4. The number of hydrogen-bond acceptors (Lipinski definition) is 3. The molecule has 1 aromatic heterocycles. The lowest BCUT2D eigenvalue weighted by molar-refractivity contribution is 0.247. The van der Waals surface area contributed by atoms with E-state index in [4.69, 9.17) is 0 Å². The largest absolute Gasteiger partial charge is 0.335 e.